The molecule has 0 aliphatic heterocycles. The minimum absolute atomic E-state index is 0.0596. The van der Waals surface area contributed by atoms with E-state index >= 15 is 0 Å². The van der Waals surface area contributed by atoms with Gasteiger partial charge in [-0.05, 0) is 5.92 Å². The van der Waals surface area contributed by atoms with Crippen molar-refractivity contribution < 1.29 is 14.5 Å². The standard InChI is InChI=1S/C10H9N3O4/c1-17-10-6-5-8(13(15)16)7(12-10)3-2-4-9(11)14/h5-6H,4H2,1H3,(H2,11,14). The number of nitrogens with two attached hydrogens (primary N) is 1. The van der Waals surface area contributed by atoms with Crippen LogP contribution in [0.1, 0.15) is 12.1 Å². The molecule has 1 amide bonds. The second-order valence-electron chi connectivity index (χ2n) is 2.92. The monoisotopic (exact) mass is 235 g/mol. The van der Waals surface area contributed by atoms with Gasteiger partial charge in [-0.2, -0.15) is 4.98 Å². The van der Waals surface area contributed by atoms with E-state index in [-0.39, 0.29) is 23.7 Å². The van der Waals surface area contributed by atoms with Crippen molar-refractivity contribution in [3.63, 3.8) is 0 Å². The van der Waals surface area contributed by atoms with Crippen LogP contribution in [0, 0.1) is 22.0 Å². The van der Waals surface area contributed by atoms with Gasteiger partial charge in [-0.25, -0.2) is 0 Å². The van der Waals surface area contributed by atoms with Crippen LogP contribution in [-0.4, -0.2) is 22.9 Å². The average Bonchev–Trinajstić information content (AvgIpc) is 2.28. The van der Waals surface area contributed by atoms with Gasteiger partial charge in [0.2, 0.25) is 11.8 Å². The molecule has 2 N–H and O–H groups in total. The van der Waals surface area contributed by atoms with Gasteiger partial charge in [0.1, 0.15) is 0 Å². The molecule has 1 rings (SSSR count). The molecule has 7 nitrogen and oxygen atoms in total. The summed E-state index contributed by atoms with van der Waals surface area (Å²) in [7, 11) is 1.38. The molecule has 0 aliphatic rings. The number of aromatic nitrogens is 1. The van der Waals surface area contributed by atoms with E-state index in [9.17, 15) is 14.9 Å². The fourth-order valence-electron chi connectivity index (χ4n) is 1.00. The number of methoxy groups -OCH3 is 1. The largest absolute Gasteiger partial charge is 0.481 e. The Bertz CT molecular complexity index is 516. The molecule has 0 bridgehead atoms. The van der Waals surface area contributed by atoms with Crippen LogP contribution in [0.4, 0.5) is 5.69 Å². The van der Waals surface area contributed by atoms with Crippen molar-refractivity contribution in [2.45, 2.75) is 6.42 Å². The summed E-state index contributed by atoms with van der Waals surface area (Å²) in [6.45, 7) is 0. The second kappa shape index (κ2) is 5.46. The normalized spacial score (nSPS) is 9.00. The lowest BCUT2D eigenvalue weighted by Crippen LogP contribution is -2.08. The van der Waals surface area contributed by atoms with Crippen LogP contribution >= 0.6 is 0 Å². The Balaban J connectivity index is 3.12. The molecule has 7 heteroatoms. The number of amides is 1. The highest BCUT2D eigenvalue weighted by molar-refractivity contribution is 5.76. The lowest BCUT2D eigenvalue weighted by Gasteiger charge is -1.99. The third kappa shape index (κ3) is 3.46. The van der Waals surface area contributed by atoms with Gasteiger partial charge in [-0.3, -0.25) is 14.9 Å². The van der Waals surface area contributed by atoms with Crippen molar-refractivity contribution in [1.29, 1.82) is 0 Å². The van der Waals surface area contributed by atoms with Crippen LogP contribution in [-0.2, 0) is 4.79 Å². The van der Waals surface area contributed by atoms with Crippen molar-refractivity contribution in [3.8, 4) is 17.7 Å². The summed E-state index contributed by atoms with van der Waals surface area (Å²) in [5, 5.41) is 10.7. The highest BCUT2D eigenvalue weighted by Gasteiger charge is 2.14. The predicted molar refractivity (Wildman–Crippen MR) is 58.1 cm³/mol. The number of hydrogen-bond donors (Lipinski definition) is 1. The third-order valence-electron chi connectivity index (χ3n) is 1.72. The molecule has 0 aromatic carbocycles. The molecule has 0 saturated carbocycles. The Morgan fingerprint density at radius 3 is 2.88 bits per heavy atom. The van der Waals surface area contributed by atoms with Gasteiger partial charge in [-0.1, -0.05) is 5.92 Å². The first kappa shape index (κ1) is 12.4. The maximum atomic E-state index is 10.7. The number of nitro groups is 1. The third-order valence-corrected chi connectivity index (χ3v) is 1.72. The van der Waals surface area contributed by atoms with Gasteiger partial charge >= 0.3 is 5.69 Å². The summed E-state index contributed by atoms with van der Waals surface area (Å²) >= 11 is 0. The first-order valence-corrected chi connectivity index (χ1v) is 4.51. The summed E-state index contributed by atoms with van der Waals surface area (Å²) in [6.07, 6.45) is -0.184. The molecule has 1 aromatic heterocycles. The summed E-state index contributed by atoms with van der Waals surface area (Å²) < 4.78 is 4.82. The van der Waals surface area contributed by atoms with Gasteiger partial charge < -0.3 is 10.5 Å². The van der Waals surface area contributed by atoms with Crippen LogP contribution in [0.25, 0.3) is 0 Å². The SMILES string of the molecule is COc1ccc([N+](=O)[O-])c(C#CCC(N)=O)n1. The maximum Gasteiger partial charge on any atom is 0.303 e. The van der Waals surface area contributed by atoms with Crippen molar-refractivity contribution in [1.82, 2.24) is 4.98 Å². The molecule has 0 spiro atoms. The number of primary amides is 1. The first-order chi connectivity index (χ1) is 8.04. The van der Waals surface area contributed by atoms with E-state index in [2.05, 4.69) is 16.8 Å². The van der Waals surface area contributed by atoms with E-state index in [1.165, 1.54) is 19.2 Å². The Kier molecular flexibility index (Phi) is 4.00. The smallest absolute Gasteiger partial charge is 0.303 e. The highest BCUT2D eigenvalue weighted by atomic mass is 16.6. The van der Waals surface area contributed by atoms with Crippen LogP contribution in [0.2, 0.25) is 0 Å². The number of carbonyl (C=O) groups is 1. The molecular formula is C10H9N3O4. The molecule has 1 heterocycles. The zero-order valence-electron chi connectivity index (χ0n) is 8.97. The molecule has 1 aromatic rings. The summed E-state index contributed by atoms with van der Waals surface area (Å²) in [6, 6.07) is 2.59. The predicted octanol–water partition coefficient (Wildman–Crippen LogP) is 0.225. The number of pyridine rings is 1. The van der Waals surface area contributed by atoms with E-state index < -0.39 is 10.8 Å². The Morgan fingerprint density at radius 1 is 1.65 bits per heavy atom. The first-order valence-electron chi connectivity index (χ1n) is 4.51. The van der Waals surface area contributed by atoms with Crippen molar-refractivity contribution in [3.05, 3.63) is 27.9 Å². The minimum atomic E-state index is -0.610. The molecule has 0 unspecified atom stereocenters. The van der Waals surface area contributed by atoms with E-state index in [0.29, 0.717) is 0 Å². The van der Waals surface area contributed by atoms with Crippen molar-refractivity contribution >= 4 is 11.6 Å². The zero-order chi connectivity index (χ0) is 12.8. The van der Waals surface area contributed by atoms with Gasteiger partial charge in [0.25, 0.3) is 0 Å². The van der Waals surface area contributed by atoms with Crippen LogP contribution in [0.15, 0.2) is 12.1 Å². The molecule has 0 aliphatic carbocycles. The van der Waals surface area contributed by atoms with E-state index in [0.717, 1.165) is 0 Å². The molecule has 88 valence electrons. The zero-order valence-corrected chi connectivity index (χ0v) is 8.97. The van der Waals surface area contributed by atoms with Crippen LogP contribution < -0.4 is 10.5 Å². The van der Waals surface area contributed by atoms with Crippen molar-refractivity contribution in [2.75, 3.05) is 7.11 Å². The Labute approximate surface area is 96.7 Å². The molecule has 0 atom stereocenters. The highest BCUT2D eigenvalue weighted by Crippen LogP contribution is 2.18. The average molecular weight is 235 g/mol. The van der Waals surface area contributed by atoms with Crippen LogP contribution in [0.5, 0.6) is 5.88 Å². The number of hydrogen-bond acceptors (Lipinski definition) is 5. The van der Waals surface area contributed by atoms with Crippen LogP contribution in [0.3, 0.4) is 0 Å². The Hall–Kier alpha value is -2.62. The van der Waals surface area contributed by atoms with Gasteiger partial charge in [0.05, 0.1) is 18.5 Å². The Morgan fingerprint density at radius 2 is 2.35 bits per heavy atom. The maximum absolute atomic E-state index is 10.7. The fraction of sp³-hybridized carbons (Fsp3) is 0.200. The number of ether oxygens (including phenoxy) is 1. The van der Waals surface area contributed by atoms with E-state index in [1.54, 1.807) is 0 Å². The van der Waals surface area contributed by atoms with Gasteiger partial charge in [-0.15, -0.1) is 0 Å². The fourth-order valence-corrected chi connectivity index (χ4v) is 1.00. The lowest BCUT2D eigenvalue weighted by atomic mass is 10.3. The van der Waals surface area contributed by atoms with Crippen molar-refractivity contribution in [2.24, 2.45) is 5.73 Å². The van der Waals surface area contributed by atoms with E-state index in [4.69, 9.17) is 10.5 Å². The number of rotatable bonds is 3. The molecule has 0 radical (unpaired) electrons. The number of nitrogens with zero attached hydrogens (tertiary/aromatic N) is 2. The quantitative estimate of drug-likeness (QED) is 0.458. The molecule has 17 heavy (non-hydrogen) atoms. The number of carbonyl (C=O) groups excluding carboxylic acids is 1. The topological polar surface area (TPSA) is 108 Å². The summed E-state index contributed by atoms with van der Waals surface area (Å²) in [5.74, 6) is 4.42. The molecular weight excluding hydrogens is 226 g/mol. The molecule has 0 saturated heterocycles. The summed E-state index contributed by atoms with van der Waals surface area (Å²) in [4.78, 5) is 24.4. The van der Waals surface area contributed by atoms with Gasteiger partial charge in [0.15, 0.2) is 5.69 Å². The van der Waals surface area contributed by atoms with E-state index in [1.807, 2.05) is 0 Å². The summed E-state index contributed by atoms with van der Waals surface area (Å²) in [5.41, 5.74) is 4.58. The lowest BCUT2D eigenvalue weighted by molar-refractivity contribution is -0.385. The minimum Gasteiger partial charge on any atom is -0.481 e. The molecule has 0 fully saturated rings. The van der Waals surface area contributed by atoms with Gasteiger partial charge in [0, 0.05) is 12.1 Å². The second-order valence-corrected chi connectivity index (χ2v) is 2.92.